The third-order valence-electron chi connectivity index (χ3n) is 4.17. The Morgan fingerprint density at radius 1 is 1.07 bits per heavy atom. The number of nitrogens with one attached hydrogen (secondary N) is 3. The Kier molecular flexibility index (Phi) is 5.85. The first kappa shape index (κ1) is 18.6. The van der Waals surface area contributed by atoms with Crippen molar-refractivity contribution >= 4 is 11.9 Å². The van der Waals surface area contributed by atoms with Crippen molar-refractivity contribution in [2.45, 2.75) is 32.5 Å². The van der Waals surface area contributed by atoms with Crippen LogP contribution in [-0.4, -0.2) is 31.2 Å². The van der Waals surface area contributed by atoms with Crippen molar-refractivity contribution in [2.24, 2.45) is 0 Å². The van der Waals surface area contributed by atoms with Gasteiger partial charge in [0.15, 0.2) is 11.5 Å². The summed E-state index contributed by atoms with van der Waals surface area (Å²) in [6.45, 7) is 4.78. The van der Waals surface area contributed by atoms with Gasteiger partial charge in [0.05, 0.1) is 18.8 Å². The van der Waals surface area contributed by atoms with Gasteiger partial charge in [-0.15, -0.1) is 0 Å². The minimum Gasteiger partial charge on any atom is -0.486 e. The first-order chi connectivity index (χ1) is 13.0. The molecule has 8 heteroatoms. The van der Waals surface area contributed by atoms with Gasteiger partial charge in [0.2, 0.25) is 5.91 Å². The highest BCUT2D eigenvalue weighted by molar-refractivity contribution is 5.86. The Morgan fingerprint density at radius 3 is 2.59 bits per heavy atom. The second-order valence-electron chi connectivity index (χ2n) is 6.26. The summed E-state index contributed by atoms with van der Waals surface area (Å²) < 4.78 is 16.2. The molecule has 1 aliphatic heterocycles. The molecule has 0 spiro atoms. The molecule has 1 aromatic carbocycles. The van der Waals surface area contributed by atoms with Gasteiger partial charge in [-0.1, -0.05) is 6.07 Å². The molecule has 3 rings (SSSR count). The standard InChI is InChI=1S/C19H23N3O5/c1-12(14-5-6-16-17(10-14)27-9-8-26-16)21-19(24)22-13(2)18(23)20-11-15-4-3-7-25-15/h3-7,10,12-13H,8-9,11H2,1-2H3,(H,20,23)(H2,21,22,24). The molecule has 0 radical (unpaired) electrons. The van der Waals surface area contributed by atoms with Gasteiger partial charge in [-0.3, -0.25) is 4.79 Å². The van der Waals surface area contributed by atoms with E-state index in [0.717, 1.165) is 5.56 Å². The number of furan rings is 1. The molecule has 0 aliphatic carbocycles. The molecule has 144 valence electrons. The molecule has 3 amide bonds. The zero-order chi connectivity index (χ0) is 19.2. The summed E-state index contributed by atoms with van der Waals surface area (Å²) in [6.07, 6.45) is 1.54. The van der Waals surface area contributed by atoms with Gasteiger partial charge < -0.3 is 29.8 Å². The lowest BCUT2D eigenvalue weighted by Gasteiger charge is -2.22. The fraction of sp³-hybridized carbons (Fsp3) is 0.368. The second kappa shape index (κ2) is 8.48. The molecular formula is C19H23N3O5. The molecule has 2 aromatic rings. The predicted molar refractivity (Wildman–Crippen MR) is 97.5 cm³/mol. The number of carbonyl (C=O) groups excluding carboxylic acids is 2. The lowest BCUT2D eigenvalue weighted by Crippen LogP contribution is -2.48. The van der Waals surface area contributed by atoms with Gasteiger partial charge in [-0.2, -0.15) is 0 Å². The van der Waals surface area contributed by atoms with Crippen molar-refractivity contribution in [2.75, 3.05) is 13.2 Å². The molecule has 2 heterocycles. The molecule has 0 fully saturated rings. The Labute approximate surface area is 157 Å². The Morgan fingerprint density at radius 2 is 1.85 bits per heavy atom. The van der Waals surface area contributed by atoms with Crippen molar-refractivity contribution in [3.63, 3.8) is 0 Å². The Hall–Kier alpha value is -3.16. The summed E-state index contributed by atoms with van der Waals surface area (Å²) in [4.78, 5) is 24.3. The molecule has 0 saturated carbocycles. The summed E-state index contributed by atoms with van der Waals surface area (Å²) in [6, 6.07) is 7.67. The maximum atomic E-state index is 12.2. The molecule has 2 unspecified atom stereocenters. The van der Waals surface area contributed by atoms with Gasteiger partial charge in [-0.25, -0.2) is 4.79 Å². The van der Waals surface area contributed by atoms with Crippen LogP contribution in [0.25, 0.3) is 0 Å². The van der Waals surface area contributed by atoms with Gasteiger partial charge in [-0.05, 0) is 43.7 Å². The summed E-state index contributed by atoms with van der Waals surface area (Å²) >= 11 is 0. The quantitative estimate of drug-likeness (QED) is 0.720. The number of carbonyl (C=O) groups is 2. The summed E-state index contributed by atoms with van der Waals surface area (Å²) in [5.74, 6) is 1.71. The van der Waals surface area contributed by atoms with Gasteiger partial charge >= 0.3 is 6.03 Å². The van der Waals surface area contributed by atoms with E-state index in [2.05, 4.69) is 16.0 Å². The van der Waals surface area contributed by atoms with Crippen LogP contribution in [0.1, 0.15) is 31.2 Å². The van der Waals surface area contributed by atoms with E-state index in [0.29, 0.717) is 30.5 Å². The highest BCUT2D eigenvalue weighted by atomic mass is 16.6. The largest absolute Gasteiger partial charge is 0.486 e. The average Bonchev–Trinajstić information content (AvgIpc) is 3.19. The van der Waals surface area contributed by atoms with E-state index in [1.165, 1.54) is 6.26 Å². The molecule has 3 N–H and O–H groups in total. The normalized spacial score (nSPS) is 14.7. The van der Waals surface area contributed by atoms with E-state index in [1.54, 1.807) is 19.1 Å². The van der Waals surface area contributed by atoms with E-state index in [-0.39, 0.29) is 18.5 Å². The first-order valence-corrected chi connectivity index (χ1v) is 8.79. The van der Waals surface area contributed by atoms with Crippen LogP contribution in [0, 0.1) is 0 Å². The zero-order valence-electron chi connectivity index (χ0n) is 15.3. The van der Waals surface area contributed by atoms with Crippen LogP contribution in [0.4, 0.5) is 4.79 Å². The predicted octanol–water partition coefficient (Wildman–Crippen LogP) is 2.12. The molecule has 8 nitrogen and oxygen atoms in total. The second-order valence-corrected chi connectivity index (χ2v) is 6.26. The minimum absolute atomic E-state index is 0.265. The maximum absolute atomic E-state index is 12.2. The fourth-order valence-corrected chi connectivity index (χ4v) is 2.65. The van der Waals surface area contributed by atoms with E-state index in [9.17, 15) is 9.59 Å². The van der Waals surface area contributed by atoms with Crippen molar-refractivity contribution in [3.8, 4) is 11.5 Å². The first-order valence-electron chi connectivity index (χ1n) is 8.79. The highest BCUT2D eigenvalue weighted by Gasteiger charge is 2.19. The number of rotatable bonds is 6. The summed E-state index contributed by atoms with van der Waals surface area (Å²) in [7, 11) is 0. The SMILES string of the molecule is CC(NC(=O)NC(C)c1ccc2c(c1)OCCO2)C(=O)NCc1ccco1. The number of urea groups is 1. The minimum atomic E-state index is -0.688. The number of benzene rings is 1. The smallest absolute Gasteiger partial charge is 0.315 e. The van der Waals surface area contributed by atoms with Crippen molar-refractivity contribution in [3.05, 3.63) is 47.9 Å². The van der Waals surface area contributed by atoms with Crippen LogP contribution in [0.2, 0.25) is 0 Å². The van der Waals surface area contributed by atoms with Crippen LogP contribution in [0.5, 0.6) is 11.5 Å². The van der Waals surface area contributed by atoms with Gasteiger partial charge in [0.25, 0.3) is 0 Å². The van der Waals surface area contributed by atoms with Crippen LogP contribution in [0.3, 0.4) is 0 Å². The summed E-state index contributed by atoms with van der Waals surface area (Å²) in [5.41, 5.74) is 0.879. The number of fused-ring (bicyclic) bond motifs is 1. The maximum Gasteiger partial charge on any atom is 0.315 e. The van der Waals surface area contributed by atoms with Gasteiger partial charge in [0, 0.05) is 0 Å². The molecule has 0 bridgehead atoms. The highest BCUT2D eigenvalue weighted by Crippen LogP contribution is 2.32. The third kappa shape index (κ3) is 4.93. The molecular weight excluding hydrogens is 350 g/mol. The number of hydrogen-bond acceptors (Lipinski definition) is 5. The number of ether oxygens (including phenoxy) is 2. The molecule has 27 heavy (non-hydrogen) atoms. The lowest BCUT2D eigenvalue weighted by atomic mass is 10.1. The van der Waals surface area contributed by atoms with Crippen molar-refractivity contribution in [1.82, 2.24) is 16.0 Å². The fourth-order valence-electron chi connectivity index (χ4n) is 2.65. The van der Waals surface area contributed by atoms with Crippen molar-refractivity contribution < 1.29 is 23.5 Å². The van der Waals surface area contributed by atoms with Crippen LogP contribution >= 0.6 is 0 Å². The average molecular weight is 373 g/mol. The van der Waals surface area contributed by atoms with Gasteiger partial charge in [0.1, 0.15) is 25.0 Å². The Bertz CT molecular complexity index is 791. The molecule has 0 saturated heterocycles. The van der Waals surface area contributed by atoms with Crippen LogP contribution in [0.15, 0.2) is 41.0 Å². The van der Waals surface area contributed by atoms with Crippen LogP contribution in [-0.2, 0) is 11.3 Å². The monoisotopic (exact) mass is 373 g/mol. The van der Waals surface area contributed by atoms with E-state index in [4.69, 9.17) is 13.9 Å². The third-order valence-corrected chi connectivity index (χ3v) is 4.17. The van der Waals surface area contributed by atoms with E-state index >= 15 is 0 Å². The topological polar surface area (TPSA) is 102 Å². The van der Waals surface area contributed by atoms with E-state index in [1.807, 2.05) is 25.1 Å². The van der Waals surface area contributed by atoms with E-state index < -0.39 is 12.1 Å². The zero-order valence-corrected chi connectivity index (χ0v) is 15.3. The summed E-state index contributed by atoms with van der Waals surface area (Å²) in [5, 5.41) is 8.14. The molecule has 1 aliphatic rings. The molecule has 2 atom stereocenters. The number of amides is 3. The lowest BCUT2D eigenvalue weighted by molar-refractivity contribution is -0.122. The van der Waals surface area contributed by atoms with Crippen molar-refractivity contribution in [1.29, 1.82) is 0 Å². The molecule has 1 aromatic heterocycles. The Balaban J connectivity index is 1.48. The number of hydrogen-bond donors (Lipinski definition) is 3. The van der Waals surface area contributed by atoms with Crippen LogP contribution < -0.4 is 25.4 Å².